The van der Waals surface area contributed by atoms with E-state index in [0.717, 1.165) is 0 Å². The number of ether oxygens (including phenoxy) is 1. The van der Waals surface area contributed by atoms with Crippen LogP contribution >= 0.6 is 0 Å². The van der Waals surface area contributed by atoms with Crippen molar-refractivity contribution in [1.29, 1.82) is 0 Å². The molecule has 0 aliphatic rings. The molecule has 2 N–H and O–H groups in total. The number of benzene rings is 1. The first-order valence-corrected chi connectivity index (χ1v) is 5.17. The molecule has 0 atom stereocenters. The number of carbonyl (C=O) groups excluding carboxylic acids is 1. The first kappa shape index (κ1) is 14.5. The monoisotopic (exact) mass is 263 g/mol. The normalized spacial score (nSPS) is 10.4. The Hall–Kier alpha value is -1.60. The molecule has 0 aliphatic heterocycles. The largest absolute Gasteiger partial charge is 0.394 e. The third-order valence-corrected chi connectivity index (χ3v) is 2.01. The van der Waals surface area contributed by atoms with Crippen LogP contribution in [-0.2, 0) is 4.74 Å². The first-order chi connectivity index (χ1) is 8.56. The Kier molecular flexibility index (Phi) is 5.60. The van der Waals surface area contributed by atoms with Gasteiger partial charge in [-0.25, -0.2) is 13.2 Å². The summed E-state index contributed by atoms with van der Waals surface area (Å²) in [4.78, 5) is 11.4. The van der Waals surface area contributed by atoms with Gasteiger partial charge in [-0.05, 0) is 12.1 Å². The van der Waals surface area contributed by atoms with Gasteiger partial charge < -0.3 is 15.2 Å². The van der Waals surface area contributed by atoms with E-state index in [9.17, 15) is 18.0 Å². The third kappa shape index (κ3) is 4.01. The van der Waals surface area contributed by atoms with Crippen molar-refractivity contribution in [2.75, 3.05) is 26.4 Å². The van der Waals surface area contributed by atoms with Gasteiger partial charge in [-0.3, -0.25) is 4.79 Å². The molecule has 0 spiro atoms. The maximum atomic E-state index is 12.8. The van der Waals surface area contributed by atoms with E-state index in [-0.39, 0.29) is 31.9 Å². The minimum absolute atomic E-state index is 0.111. The molecule has 0 aliphatic carbocycles. The average molecular weight is 263 g/mol. The number of halogens is 3. The number of amides is 1. The second kappa shape index (κ2) is 6.97. The Morgan fingerprint density at radius 1 is 1.22 bits per heavy atom. The minimum atomic E-state index is -1.61. The van der Waals surface area contributed by atoms with E-state index in [1.54, 1.807) is 0 Å². The van der Waals surface area contributed by atoms with Crippen molar-refractivity contribution >= 4 is 5.91 Å². The van der Waals surface area contributed by atoms with E-state index < -0.39 is 23.4 Å². The zero-order valence-corrected chi connectivity index (χ0v) is 9.38. The minimum Gasteiger partial charge on any atom is -0.394 e. The van der Waals surface area contributed by atoms with Gasteiger partial charge in [0.1, 0.15) is 0 Å². The summed E-state index contributed by atoms with van der Waals surface area (Å²) < 4.78 is 43.2. The zero-order chi connectivity index (χ0) is 13.5. The lowest BCUT2D eigenvalue weighted by Gasteiger charge is -2.06. The van der Waals surface area contributed by atoms with Crippen molar-refractivity contribution in [3.63, 3.8) is 0 Å². The van der Waals surface area contributed by atoms with Crippen LogP contribution in [0.25, 0.3) is 0 Å². The number of carbonyl (C=O) groups is 1. The van der Waals surface area contributed by atoms with Crippen LogP contribution in [0, 0.1) is 17.5 Å². The lowest BCUT2D eigenvalue weighted by atomic mass is 10.2. The maximum absolute atomic E-state index is 12.8. The van der Waals surface area contributed by atoms with Crippen LogP contribution in [0.5, 0.6) is 0 Å². The van der Waals surface area contributed by atoms with Crippen LogP contribution in [0.3, 0.4) is 0 Å². The predicted molar refractivity (Wildman–Crippen MR) is 56.6 cm³/mol. The molecule has 1 aromatic rings. The van der Waals surface area contributed by atoms with Gasteiger partial charge in [0.05, 0.1) is 19.8 Å². The molecule has 4 nitrogen and oxygen atoms in total. The van der Waals surface area contributed by atoms with Gasteiger partial charge in [0.25, 0.3) is 5.91 Å². The van der Waals surface area contributed by atoms with Gasteiger partial charge in [0.2, 0.25) is 0 Å². The summed E-state index contributed by atoms with van der Waals surface area (Å²) in [5.74, 6) is -5.19. The van der Waals surface area contributed by atoms with Crippen molar-refractivity contribution in [3.05, 3.63) is 35.1 Å². The molecule has 0 radical (unpaired) electrons. The van der Waals surface area contributed by atoms with Crippen molar-refractivity contribution in [1.82, 2.24) is 5.32 Å². The predicted octanol–water partition coefficient (Wildman–Crippen LogP) is 0.843. The highest BCUT2D eigenvalue weighted by Crippen LogP contribution is 2.13. The lowest BCUT2D eigenvalue weighted by Crippen LogP contribution is -2.27. The average Bonchev–Trinajstić information content (AvgIpc) is 2.34. The van der Waals surface area contributed by atoms with Crippen molar-refractivity contribution < 1.29 is 27.8 Å². The summed E-state index contributed by atoms with van der Waals surface area (Å²) in [6.45, 7) is 0.260. The molecular formula is C11H12F3NO3. The number of rotatable bonds is 6. The quantitative estimate of drug-likeness (QED) is 0.590. The molecule has 0 aromatic heterocycles. The topological polar surface area (TPSA) is 58.6 Å². The van der Waals surface area contributed by atoms with Gasteiger partial charge in [0, 0.05) is 12.1 Å². The molecule has 18 heavy (non-hydrogen) atoms. The summed E-state index contributed by atoms with van der Waals surface area (Å²) in [5, 5.41) is 10.7. The molecule has 1 rings (SSSR count). The molecular weight excluding hydrogens is 251 g/mol. The number of hydrogen-bond acceptors (Lipinski definition) is 3. The zero-order valence-electron chi connectivity index (χ0n) is 9.38. The van der Waals surface area contributed by atoms with Gasteiger partial charge in [0.15, 0.2) is 17.5 Å². The highest BCUT2D eigenvalue weighted by Gasteiger charge is 2.14. The van der Waals surface area contributed by atoms with Crippen LogP contribution < -0.4 is 5.32 Å². The van der Waals surface area contributed by atoms with Crippen LogP contribution in [0.2, 0.25) is 0 Å². The van der Waals surface area contributed by atoms with Crippen LogP contribution in [0.4, 0.5) is 13.2 Å². The van der Waals surface area contributed by atoms with Crippen molar-refractivity contribution in [2.24, 2.45) is 0 Å². The van der Waals surface area contributed by atoms with Crippen LogP contribution in [0.15, 0.2) is 12.1 Å². The lowest BCUT2D eigenvalue weighted by molar-refractivity contribution is 0.0837. The maximum Gasteiger partial charge on any atom is 0.251 e. The smallest absolute Gasteiger partial charge is 0.251 e. The summed E-state index contributed by atoms with van der Waals surface area (Å²) in [5.41, 5.74) is -0.312. The Labute approximate surface area is 101 Å². The van der Waals surface area contributed by atoms with E-state index in [4.69, 9.17) is 9.84 Å². The third-order valence-electron chi connectivity index (χ3n) is 2.01. The standard InChI is InChI=1S/C11H12F3NO3/c12-8-5-7(6-9(13)10(8)14)11(17)15-1-3-18-4-2-16/h5-6,16H,1-4H2,(H,15,17). The van der Waals surface area contributed by atoms with E-state index in [1.807, 2.05) is 0 Å². The second-order valence-corrected chi connectivity index (χ2v) is 3.35. The Morgan fingerprint density at radius 2 is 1.83 bits per heavy atom. The molecule has 0 heterocycles. The Bertz CT molecular complexity index is 403. The molecule has 100 valence electrons. The Balaban J connectivity index is 2.52. The molecule has 1 amide bonds. The fourth-order valence-electron chi connectivity index (χ4n) is 1.19. The molecule has 0 saturated carbocycles. The first-order valence-electron chi connectivity index (χ1n) is 5.17. The van der Waals surface area contributed by atoms with Crippen molar-refractivity contribution in [3.8, 4) is 0 Å². The fraction of sp³-hybridized carbons (Fsp3) is 0.364. The fourth-order valence-corrected chi connectivity index (χ4v) is 1.19. The van der Waals surface area contributed by atoms with Gasteiger partial charge in [-0.1, -0.05) is 0 Å². The Morgan fingerprint density at radius 3 is 2.39 bits per heavy atom. The summed E-state index contributed by atoms with van der Waals surface area (Å²) in [6, 6.07) is 1.23. The molecule has 7 heteroatoms. The van der Waals surface area contributed by atoms with Gasteiger partial charge >= 0.3 is 0 Å². The molecule has 0 unspecified atom stereocenters. The molecule has 1 aromatic carbocycles. The SMILES string of the molecule is O=C(NCCOCCO)c1cc(F)c(F)c(F)c1. The number of aliphatic hydroxyl groups excluding tert-OH is 1. The van der Waals surface area contributed by atoms with E-state index in [2.05, 4.69) is 5.32 Å². The number of aliphatic hydroxyl groups is 1. The summed E-state index contributed by atoms with van der Waals surface area (Å²) >= 11 is 0. The van der Waals surface area contributed by atoms with Crippen LogP contribution in [0.1, 0.15) is 10.4 Å². The highest BCUT2D eigenvalue weighted by atomic mass is 19.2. The van der Waals surface area contributed by atoms with Crippen LogP contribution in [-0.4, -0.2) is 37.4 Å². The second-order valence-electron chi connectivity index (χ2n) is 3.35. The van der Waals surface area contributed by atoms with Gasteiger partial charge in [-0.15, -0.1) is 0 Å². The van der Waals surface area contributed by atoms with E-state index in [1.165, 1.54) is 0 Å². The number of hydrogen-bond donors (Lipinski definition) is 2. The number of nitrogens with one attached hydrogen (secondary N) is 1. The molecule has 0 bridgehead atoms. The molecule has 0 fully saturated rings. The van der Waals surface area contributed by atoms with E-state index >= 15 is 0 Å². The van der Waals surface area contributed by atoms with Crippen molar-refractivity contribution in [2.45, 2.75) is 0 Å². The summed E-state index contributed by atoms with van der Waals surface area (Å²) in [6.07, 6.45) is 0. The highest BCUT2D eigenvalue weighted by molar-refractivity contribution is 5.94. The van der Waals surface area contributed by atoms with E-state index in [0.29, 0.717) is 12.1 Å². The van der Waals surface area contributed by atoms with Gasteiger partial charge in [-0.2, -0.15) is 0 Å². The molecule has 0 saturated heterocycles. The summed E-state index contributed by atoms with van der Waals surface area (Å²) in [7, 11) is 0.